The van der Waals surface area contributed by atoms with E-state index >= 15 is 0 Å². The average Bonchev–Trinajstić information content (AvgIpc) is 2.92. The SMILES string of the molecule is CC(C)CCOc1cccc(CNCc2cccs2)c1. The minimum absolute atomic E-state index is 0.686. The van der Waals surface area contributed by atoms with Crippen LogP contribution in [0.1, 0.15) is 30.7 Å². The lowest BCUT2D eigenvalue weighted by Crippen LogP contribution is -2.11. The molecule has 108 valence electrons. The van der Waals surface area contributed by atoms with Crippen molar-refractivity contribution >= 4 is 11.3 Å². The van der Waals surface area contributed by atoms with Crippen molar-refractivity contribution in [1.29, 1.82) is 0 Å². The van der Waals surface area contributed by atoms with Gasteiger partial charge in [-0.05, 0) is 41.5 Å². The number of hydrogen-bond donors (Lipinski definition) is 1. The summed E-state index contributed by atoms with van der Waals surface area (Å²) in [6.07, 6.45) is 1.10. The first-order valence-electron chi connectivity index (χ1n) is 7.19. The monoisotopic (exact) mass is 289 g/mol. The highest BCUT2D eigenvalue weighted by atomic mass is 32.1. The lowest BCUT2D eigenvalue weighted by Gasteiger charge is -2.10. The molecule has 1 heterocycles. The molecule has 1 N–H and O–H groups in total. The minimum Gasteiger partial charge on any atom is -0.494 e. The van der Waals surface area contributed by atoms with E-state index in [9.17, 15) is 0 Å². The van der Waals surface area contributed by atoms with Crippen molar-refractivity contribution in [3.05, 3.63) is 52.2 Å². The molecule has 0 amide bonds. The van der Waals surface area contributed by atoms with Crippen molar-refractivity contribution in [3.8, 4) is 5.75 Å². The molecule has 0 saturated heterocycles. The Hall–Kier alpha value is -1.32. The summed E-state index contributed by atoms with van der Waals surface area (Å²) in [6, 6.07) is 12.6. The maximum Gasteiger partial charge on any atom is 0.119 e. The third-order valence-corrected chi connectivity index (χ3v) is 3.95. The first-order chi connectivity index (χ1) is 9.74. The molecule has 0 aliphatic carbocycles. The molecule has 0 fully saturated rings. The van der Waals surface area contributed by atoms with Gasteiger partial charge in [0.05, 0.1) is 6.61 Å². The number of rotatable bonds is 8. The summed E-state index contributed by atoms with van der Waals surface area (Å²) in [6.45, 7) is 7.03. The highest BCUT2D eigenvalue weighted by molar-refractivity contribution is 7.09. The second-order valence-electron chi connectivity index (χ2n) is 5.36. The van der Waals surface area contributed by atoms with Crippen molar-refractivity contribution < 1.29 is 4.74 Å². The standard InChI is InChI=1S/C17H23NOS/c1-14(2)8-9-19-16-6-3-5-15(11-16)12-18-13-17-7-4-10-20-17/h3-7,10-11,14,18H,8-9,12-13H2,1-2H3. The van der Waals surface area contributed by atoms with E-state index in [2.05, 4.69) is 54.9 Å². The third kappa shape index (κ3) is 5.35. The Balaban J connectivity index is 1.77. The molecule has 20 heavy (non-hydrogen) atoms. The fourth-order valence-electron chi connectivity index (χ4n) is 1.90. The summed E-state index contributed by atoms with van der Waals surface area (Å²) in [5.41, 5.74) is 1.27. The molecule has 0 aliphatic rings. The van der Waals surface area contributed by atoms with Gasteiger partial charge in [0, 0.05) is 18.0 Å². The van der Waals surface area contributed by atoms with Gasteiger partial charge in [-0.25, -0.2) is 0 Å². The smallest absolute Gasteiger partial charge is 0.119 e. The lowest BCUT2D eigenvalue weighted by atomic mass is 10.1. The Morgan fingerprint density at radius 3 is 2.80 bits per heavy atom. The Labute approximate surface area is 125 Å². The van der Waals surface area contributed by atoms with Gasteiger partial charge in [0.1, 0.15) is 5.75 Å². The van der Waals surface area contributed by atoms with Gasteiger partial charge in [0.15, 0.2) is 0 Å². The van der Waals surface area contributed by atoms with Crippen molar-refractivity contribution in [2.75, 3.05) is 6.61 Å². The summed E-state index contributed by atoms with van der Waals surface area (Å²) in [7, 11) is 0. The molecule has 0 unspecified atom stereocenters. The lowest BCUT2D eigenvalue weighted by molar-refractivity contribution is 0.289. The topological polar surface area (TPSA) is 21.3 Å². The zero-order valence-corrected chi connectivity index (χ0v) is 13.1. The van der Waals surface area contributed by atoms with Crippen LogP contribution in [0.5, 0.6) is 5.75 Å². The Morgan fingerprint density at radius 2 is 2.05 bits per heavy atom. The fourth-order valence-corrected chi connectivity index (χ4v) is 2.58. The van der Waals surface area contributed by atoms with Crippen LogP contribution in [0.3, 0.4) is 0 Å². The van der Waals surface area contributed by atoms with E-state index < -0.39 is 0 Å². The maximum atomic E-state index is 5.78. The molecule has 0 aliphatic heterocycles. The summed E-state index contributed by atoms with van der Waals surface area (Å²) in [5, 5.41) is 5.57. The minimum atomic E-state index is 0.686. The van der Waals surface area contributed by atoms with Crippen LogP contribution in [0.25, 0.3) is 0 Å². The molecular formula is C17H23NOS. The summed E-state index contributed by atoms with van der Waals surface area (Å²) >= 11 is 1.79. The largest absolute Gasteiger partial charge is 0.494 e. The van der Waals surface area contributed by atoms with Gasteiger partial charge in [-0.3, -0.25) is 0 Å². The predicted octanol–water partition coefficient (Wildman–Crippen LogP) is 4.46. The van der Waals surface area contributed by atoms with Crippen molar-refractivity contribution in [3.63, 3.8) is 0 Å². The molecule has 2 rings (SSSR count). The zero-order chi connectivity index (χ0) is 14.2. The number of thiophene rings is 1. The second kappa shape index (κ2) is 8.08. The van der Waals surface area contributed by atoms with Crippen LogP contribution < -0.4 is 10.1 Å². The highest BCUT2D eigenvalue weighted by Gasteiger charge is 1.99. The Morgan fingerprint density at radius 1 is 1.15 bits per heavy atom. The number of benzene rings is 1. The van der Waals surface area contributed by atoms with Crippen molar-refractivity contribution in [2.24, 2.45) is 5.92 Å². The zero-order valence-electron chi connectivity index (χ0n) is 12.3. The molecule has 0 atom stereocenters. The molecule has 0 spiro atoms. The Kier molecular flexibility index (Phi) is 6.09. The van der Waals surface area contributed by atoms with E-state index in [0.29, 0.717) is 5.92 Å². The third-order valence-electron chi connectivity index (χ3n) is 3.07. The summed E-state index contributed by atoms with van der Waals surface area (Å²) in [5.74, 6) is 1.66. The van der Waals surface area contributed by atoms with Gasteiger partial charge in [-0.15, -0.1) is 11.3 Å². The quantitative estimate of drug-likeness (QED) is 0.774. The van der Waals surface area contributed by atoms with E-state index in [1.165, 1.54) is 10.4 Å². The van der Waals surface area contributed by atoms with E-state index in [1.54, 1.807) is 11.3 Å². The number of nitrogens with one attached hydrogen (secondary N) is 1. The van der Waals surface area contributed by atoms with Gasteiger partial charge in [0.2, 0.25) is 0 Å². The molecule has 3 heteroatoms. The molecular weight excluding hydrogens is 266 g/mol. The highest BCUT2D eigenvalue weighted by Crippen LogP contribution is 2.15. The summed E-state index contributed by atoms with van der Waals surface area (Å²) in [4.78, 5) is 1.37. The average molecular weight is 289 g/mol. The molecule has 2 aromatic rings. The van der Waals surface area contributed by atoms with Crippen molar-refractivity contribution in [1.82, 2.24) is 5.32 Å². The molecule has 1 aromatic heterocycles. The predicted molar refractivity (Wildman–Crippen MR) is 86.3 cm³/mol. The number of hydrogen-bond acceptors (Lipinski definition) is 3. The van der Waals surface area contributed by atoms with Gasteiger partial charge >= 0.3 is 0 Å². The number of ether oxygens (including phenoxy) is 1. The van der Waals surface area contributed by atoms with Gasteiger partial charge in [-0.2, -0.15) is 0 Å². The molecule has 0 bridgehead atoms. The van der Waals surface area contributed by atoms with Gasteiger partial charge in [0.25, 0.3) is 0 Å². The van der Waals surface area contributed by atoms with Crippen LogP contribution in [0.15, 0.2) is 41.8 Å². The van der Waals surface area contributed by atoms with Crippen molar-refractivity contribution in [2.45, 2.75) is 33.4 Å². The molecule has 0 radical (unpaired) electrons. The Bertz CT molecular complexity index is 493. The normalized spacial score (nSPS) is 10.9. The second-order valence-corrected chi connectivity index (χ2v) is 6.39. The summed E-state index contributed by atoms with van der Waals surface area (Å²) < 4.78 is 5.78. The van der Waals surface area contributed by atoms with Gasteiger partial charge in [-0.1, -0.05) is 32.0 Å². The van der Waals surface area contributed by atoms with Crippen LogP contribution in [-0.2, 0) is 13.1 Å². The van der Waals surface area contributed by atoms with Crippen LogP contribution in [0.4, 0.5) is 0 Å². The van der Waals surface area contributed by atoms with Crippen LogP contribution in [0, 0.1) is 5.92 Å². The first-order valence-corrected chi connectivity index (χ1v) is 8.07. The van der Waals surface area contributed by atoms with E-state index in [0.717, 1.165) is 31.9 Å². The van der Waals surface area contributed by atoms with Crippen LogP contribution in [-0.4, -0.2) is 6.61 Å². The van der Waals surface area contributed by atoms with Gasteiger partial charge < -0.3 is 10.1 Å². The van der Waals surface area contributed by atoms with Crippen LogP contribution >= 0.6 is 11.3 Å². The first kappa shape index (κ1) is 15.1. The molecule has 2 nitrogen and oxygen atoms in total. The van der Waals surface area contributed by atoms with Crippen LogP contribution in [0.2, 0.25) is 0 Å². The molecule has 1 aromatic carbocycles. The molecule has 0 saturated carbocycles. The fraction of sp³-hybridized carbons (Fsp3) is 0.412. The van der Waals surface area contributed by atoms with E-state index in [1.807, 2.05) is 6.07 Å². The van der Waals surface area contributed by atoms with E-state index in [4.69, 9.17) is 4.74 Å². The van der Waals surface area contributed by atoms with E-state index in [-0.39, 0.29) is 0 Å². The maximum absolute atomic E-state index is 5.78.